The smallest absolute Gasteiger partial charge is 0.0607 e. The average molecular weight is 207 g/mol. The van der Waals surface area contributed by atoms with Gasteiger partial charge in [-0.2, -0.15) is 0 Å². The lowest BCUT2D eigenvalue weighted by Crippen LogP contribution is -1.95. The van der Waals surface area contributed by atoms with E-state index in [9.17, 15) is 0 Å². The van der Waals surface area contributed by atoms with Crippen LogP contribution in [0.15, 0.2) is 18.2 Å². The first kappa shape index (κ1) is 11.4. The van der Waals surface area contributed by atoms with Crippen LogP contribution in [-0.4, -0.2) is 6.54 Å². The molecular formula is C8H12Cl2N2. The second-order valence-electron chi connectivity index (χ2n) is 2.56. The maximum atomic E-state index is 5.71. The number of rotatable bonds is 0. The minimum absolute atomic E-state index is 0. The van der Waals surface area contributed by atoms with Crippen molar-refractivity contribution in [2.75, 3.05) is 17.6 Å². The van der Waals surface area contributed by atoms with Gasteiger partial charge in [0.05, 0.1) is 11.4 Å². The minimum Gasteiger partial charge on any atom is -0.397 e. The summed E-state index contributed by atoms with van der Waals surface area (Å²) in [4.78, 5) is 0. The zero-order chi connectivity index (χ0) is 6.97. The van der Waals surface area contributed by atoms with Crippen molar-refractivity contribution in [3.63, 3.8) is 0 Å². The molecule has 2 rings (SSSR count). The standard InChI is InChI=1S/C8H10N2.2ClH/c9-7-3-1-2-6-4-5-10-8(6)7;;/h1-3,10H,4-5,9H2;2*1H. The van der Waals surface area contributed by atoms with Crippen LogP contribution in [0.3, 0.4) is 0 Å². The molecule has 0 spiro atoms. The van der Waals surface area contributed by atoms with Gasteiger partial charge in [0.25, 0.3) is 0 Å². The number of anilines is 2. The highest BCUT2D eigenvalue weighted by atomic mass is 35.5. The highest BCUT2D eigenvalue weighted by Gasteiger charge is 2.10. The number of nitrogens with two attached hydrogens (primary N) is 1. The number of halogens is 2. The molecule has 0 unspecified atom stereocenters. The monoisotopic (exact) mass is 206 g/mol. The molecule has 0 atom stereocenters. The molecule has 0 aromatic heterocycles. The molecule has 4 heteroatoms. The quantitative estimate of drug-likeness (QED) is 0.639. The first-order valence-corrected chi connectivity index (χ1v) is 3.49. The third-order valence-electron chi connectivity index (χ3n) is 1.88. The molecule has 0 bridgehead atoms. The highest BCUT2D eigenvalue weighted by molar-refractivity contribution is 5.85. The van der Waals surface area contributed by atoms with E-state index in [-0.39, 0.29) is 24.8 Å². The molecule has 0 aliphatic carbocycles. The van der Waals surface area contributed by atoms with Gasteiger partial charge in [0, 0.05) is 6.54 Å². The maximum absolute atomic E-state index is 5.71. The van der Waals surface area contributed by atoms with E-state index >= 15 is 0 Å². The van der Waals surface area contributed by atoms with E-state index in [0.717, 1.165) is 24.3 Å². The Balaban J connectivity index is 0.000000605. The van der Waals surface area contributed by atoms with Crippen LogP contribution < -0.4 is 11.1 Å². The van der Waals surface area contributed by atoms with Crippen molar-refractivity contribution in [1.82, 2.24) is 0 Å². The fraction of sp³-hybridized carbons (Fsp3) is 0.250. The summed E-state index contributed by atoms with van der Waals surface area (Å²) in [6.07, 6.45) is 1.11. The Morgan fingerprint density at radius 2 is 2.00 bits per heavy atom. The van der Waals surface area contributed by atoms with Crippen molar-refractivity contribution in [3.8, 4) is 0 Å². The Bertz CT molecular complexity index is 263. The molecule has 1 heterocycles. The molecule has 0 fully saturated rings. The van der Waals surface area contributed by atoms with Gasteiger partial charge in [0.1, 0.15) is 0 Å². The second-order valence-corrected chi connectivity index (χ2v) is 2.56. The summed E-state index contributed by atoms with van der Waals surface area (Å²) < 4.78 is 0. The molecule has 2 nitrogen and oxygen atoms in total. The Hall–Kier alpha value is -0.600. The van der Waals surface area contributed by atoms with Gasteiger partial charge in [-0.05, 0) is 18.1 Å². The van der Waals surface area contributed by atoms with Gasteiger partial charge in [-0.15, -0.1) is 24.8 Å². The van der Waals surface area contributed by atoms with E-state index in [1.807, 2.05) is 12.1 Å². The predicted molar refractivity (Wildman–Crippen MR) is 57.5 cm³/mol. The molecule has 0 amide bonds. The van der Waals surface area contributed by atoms with Gasteiger partial charge in [-0.25, -0.2) is 0 Å². The zero-order valence-corrected chi connectivity index (χ0v) is 8.17. The molecule has 0 radical (unpaired) electrons. The molecular weight excluding hydrogens is 195 g/mol. The fourth-order valence-electron chi connectivity index (χ4n) is 1.37. The molecule has 1 aromatic carbocycles. The maximum Gasteiger partial charge on any atom is 0.0607 e. The molecule has 1 aliphatic rings. The van der Waals surface area contributed by atoms with Crippen LogP contribution in [0, 0.1) is 0 Å². The highest BCUT2D eigenvalue weighted by Crippen LogP contribution is 2.27. The minimum atomic E-state index is 0. The van der Waals surface area contributed by atoms with Gasteiger partial charge in [-0.3, -0.25) is 0 Å². The number of nitrogen functional groups attached to an aromatic ring is 1. The number of para-hydroxylation sites is 1. The van der Waals surface area contributed by atoms with Crippen LogP contribution in [0.4, 0.5) is 11.4 Å². The fourth-order valence-corrected chi connectivity index (χ4v) is 1.37. The summed E-state index contributed by atoms with van der Waals surface area (Å²) in [5.41, 5.74) is 9.07. The van der Waals surface area contributed by atoms with Gasteiger partial charge >= 0.3 is 0 Å². The summed E-state index contributed by atoms with van der Waals surface area (Å²) in [7, 11) is 0. The predicted octanol–water partition coefficient (Wildman–Crippen LogP) is 2.08. The lowest BCUT2D eigenvalue weighted by atomic mass is 10.1. The summed E-state index contributed by atoms with van der Waals surface area (Å²) in [5, 5.41) is 3.24. The number of nitrogens with one attached hydrogen (secondary N) is 1. The lowest BCUT2D eigenvalue weighted by molar-refractivity contribution is 1.11. The average Bonchev–Trinajstić information content (AvgIpc) is 2.36. The van der Waals surface area contributed by atoms with E-state index in [0.29, 0.717) is 0 Å². The number of fused-ring (bicyclic) bond motifs is 1. The van der Waals surface area contributed by atoms with Crippen LogP contribution in [0.5, 0.6) is 0 Å². The molecule has 68 valence electrons. The third-order valence-corrected chi connectivity index (χ3v) is 1.88. The van der Waals surface area contributed by atoms with Crippen molar-refractivity contribution >= 4 is 36.2 Å². The Morgan fingerprint density at radius 3 is 2.67 bits per heavy atom. The Kier molecular flexibility index (Phi) is 4.21. The molecule has 12 heavy (non-hydrogen) atoms. The molecule has 0 saturated heterocycles. The largest absolute Gasteiger partial charge is 0.397 e. The van der Waals surface area contributed by atoms with Crippen molar-refractivity contribution in [1.29, 1.82) is 0 Å². The van der Waals surface area contributed by atoms with E-state index < -0.39 is 0 Å². The van der Waals surface area contributed by atoms with Crippen molar-refractivity contribution in [2.45, 2.75) is 6.42 Å². The Labute approximate surface area is 84.4 Å². The van der Waals surface area contributed by atoms with E-state index in [2.05, 4.69) is 11.4 Å². The summed E-state index contributed by atoms with van der Waals surface area (Å²) >= 11 is 0. The lowest BCUT2D eigenvalue weighted by Gasteiger charge is -2.01. The number of hydrogen-bond donors (Lipinski definition) is 2. The molecule has 0 saturated carbocycles. The van der Waals surface area contributed by atoms with E-state index in [1.54, 1.807) is 0 Å². The summed E-state index contributed by atoms with van der Waals surface area (Å²) in [5.74, 6) is 0. The topological polar surface area (TPSA) is 38.0 Å². The van der Waals surface area contributed by atoms with Gasteiger partial charge in [-0.1, -0.05) is 12.1 Å². The normalized spacial score (nSPS) is 12.0. The van der Waals surface area contributed by atoms with Crippen molar-refractivity contribution in [3.05, 3.63) is 23.8 Å². The van der Waals surface area contributed by atoms with Gasteiger partial charge < -0.3 is 11.1 Å². The SMILES string of the molecule is Cl.Cl.Nc1cccc2c1NCC2. The second kappa shape index (κ2) is 4.43. The van der Waals surface area contributed by atoms with Crippen molar-refractivity contribution < 1.29 is 0 Å². The van der Waals surface area contributed by atoms with Crippen LogP contribution in [0.1, 0.15) is 5.56 Å². The Morgan fingerprint density at radius 1 is 1.25 bits per heavy atom. The van der Waals surface area contributed by atoms with Crippen LogP contribution in [-0.2, 0) is 6.42 Å². The zero-order valence-electron chi connectivity index (χ0n) is 6.54. The number of hydrogen-bond acceptors (Lipinski definition) is 2. The number of benzene rings is 1. The first-order valence-electron chi connectivity index (χ1n) is 3.49. The van der Waals surface area contributed by atoms with Crippen LogP contribution in [0.25, 0.3) is 0 Å². The van der Waals surface area contributed by atoms with Gasteiger partial charge in [0.2, 0.25) is 0 Å². The molecule has 1 aromatic rings. The molecule has 3 N–H and O–H groups in total. The van der Waals surface area contributed by atoms with E-state index in [1.165, 1.54) is 5.56 Å². The van der Waals surface area contributed by atoms with Crippen LogP contribution >= 0.6 is 24.8 Å². The van der Waals surface area contributed by atoms with Crippen LogP contribution in [0.2, 0.25) is 0 Å². The van der Waals surface area contributed by atoms with E-state index in [4.69, 9.17) is 5.73 Å². The first-order chi connectivity index (χ1) is 4.88. The summed E-state index contributed by atoms with van der Waals surface area (Å²) in [6, 6.07) is 6.05. The third kappa shape index (κ3) is 1.76. The van der Waals surface area contributed by atoms with Crippen molar-refractivity contribution in [2.24, 2.45) is 0 Å². The summed E-state index contributed by atoms with van der Waals surface area (Å²) in [6.45, 7) is 1.03. The van der Waals surface area contributed by atoms with Gasteiger partial charge in [0.15, 0.2) is 0 Å². The molecule has 1 aliphatic heterocycles.